The van der Waals surface area contributed by atoms with Crippen molar-refractivity contribution in [2.75, 3.05) is 0 Å². The summed E-state index contributed by atoms with van der Waals surface area (Å²) in [5, 5.41) is 8.69. The van der Waals surface area contributed by atoms with Crippen molar-refractivity contribution in [3.8, 4) is 0 Å². The standard InChI is InChI=1S/C12H8Cl2N2O3S/c13-8-1-6-12(11(14)7-8)16-15-9-2-4-10(5-3-9)20(17,18)19/h1-7H,(H,17,18,19). The van der Waals surface area contributed by atoms with E-state index in [0.717, 1.165) is 0 Å². The molecule has 0 atom stereocenters. The summed E-state index contributed by atoms with van der Waals surface area (Å²) in [6.07, 6.45) is 0. The number of nitrogens with zero attached hydrogens (tertiary/aromatic N) is 2. The third kappa shape index (κ3) is 3.77. The average Bonchev–Trinajstić information content (AvgIpc) is 2.37. The van der Waals surface area contributed by atoms with E-state index < -0.39 is 10.1 Å². The van der Waals surface area contributed by atoms with Gasteiger partial charge in [0.25, 0.3) is 10.1 Å². The van der Waals surface area contributed by atoms with E-state index in [1.165, 1.54) is 24.3 Å². The SMILES string of the molecule is O=S(=O)(O)c1ccc(N=Nc2ccc(Cl)cc2Cl)cc1. The molecule has 2 rings (SSSR count). The van der Waals surface area contributed by atoms with Crippen molar-refractivity contribution in [1.29, 1.82) is 0 Å². The fourth-order valence-electron chi connectivity index (χ4n) is 1.36. The van der Waals surface area contributed by atoms with Gasteiger partial charge >= 0.3 is 0 Å². The van der Waals surface area contributed by atoms with Gasteiger partial charge in [-0.1, -0.05) is 23.2 Å². The maximum absolute atomic E-state index is 10.9. The molecule has 20 heavy (non-hydrogen) atoms. The Labute approximate surface area is 125 Å². The van der Waals surface area contributed by atoms with Gasteiger partial charge in [0, 0.05) is 5.02 Å². The number of azo groups is 1. The van der Waals surface area contributed by atoms with E-state index >= 15 is 0 Å². The van der Waals surface area contributed by atoms with Crippen LogP contribution in [0.4, 0.5) is 11.4 Å². The maximum atomic E-state index is 10.9. The van der Waals surface area contributed by atoms with Crippen LogP contribution >= 0.6 is 23.2 Å². The van der Waals surface area contributed by atoms with Crippen LogP contribution in [0.2, 0.25) is 10.0 Å². The smallest absolute Gasteiger partial charge is 0.282 e. The molecule has 0 aliphatic rings. The molecule has 0 aromatic heterocycles. The van der Waals surface area contributed by atoms with Crippen LogP contribution in [0.3, 0.4) is 0 Å². The van der Waals surface area contributed by atoms with E-state index in [9.17, 15) is 8.42 Å². The van der Waals surface area contributed by atoms with Gasteiger partial charge in [-0.15, -0.1) is 5.11 Å². The molecule has 0 amide bonds. The molecule has 0 heterocycles. The van der Waals surface area contributed by atoms with E-state index in [1.54, 1.807) is 18.2 Å². The molecule has 0 unspecified atom stereocenters. The van der Waals surface area contributed by atoms with E-state index in [-0.39, 0.29) is 4.90 Å². The average molecular weight is 331 g/mol. The first-order valence-electron chi connectivity index (χ1n) is 5.30. The molecule has 8 heteroatoms. The molecule has 0 aliphatic heterocycles. The lowest BCUT2D eigenvalue weighted by Gasteiger charge is -1.98. The first-order valence-corrected chi connectivity index (χ1v) is 7.50. The Kier molecular flexibility index (Phi) is 4.39. The van der Waals surface area contributed by atoms with Gasteiger partial charge in [0.05, 0.1) is 15.6 Å². The van der Waals surface area contributed by atoms with E-state index in [0.29, 0.717) is 21.4 Å². The lowest BCUT2D eigenvalue weighted by molar-refractivity contribution is 0.483. The van der Waals surface area contributed by atoms with Crippen LogP contribution in [0, 0.1) is 0 Å². The van der Waals surface area contributed by atoms with Crippen LogP contribution < -0.4 is 0 Å². The lowest BCUT2D eigenvalue weighted by atomic mass is 10.3. The fourth-order valence-corrected chi connectivity index (χ4v) is 2.29. The zero-order valence-electron chi connectivity index (χ0n) is 9.86. The van der Waals surface area contributed by atoms with Gasteiger partial charge in [-0.25, -0.2) is 0 Å². The summed E-state index contributed by atoms with van der Waals surface area (Å²) in [4.78, 5) is -0.207. The number of rotatable bonds is 3. The normalized spacial score (nSPS) is 11.9. The highest BCUT2D eigenvalue weighted by molar-refractivity contribution is 7.85. The van der Waals surface area contributed by atoms with Crippen molar-refractivity contribution in [1.82, 2.24) is 0 Å². The highest BCUT2D eigenvalue weighted by Gasteiger charge is 2.08. The Morgan fingerprint density at radius 1 is 0.950 bits per heavy atom. The molecule has 0 bridgehead atoms. The van der Waals surface area contributed by atoms with E-state index in [4.69, 9.17) is 27.8 Å². The second-order valence-corrected chi connectivity index (χ2v) is 6.03. The number of hydrogen-bond donors (Lipinski definition) is 1. The van der Waals surface area contributed by atoms with Crippen LogP contribution in [0.15, 0.2) is 57.6 Å². The van der Waals surface area contributed by atoms with Crippen LogP contribution in [0.1, 0.15) is 0 Å². The van der Waals surface area contributed by atoms with Gasteiger partial charge in [0.2, 0.25) is 0 Å². The molecule has 0 aliphatic carbocycles. The summed E-state index contributed by atoms with van der Waals surface area (Å²) >= 11 is 11.7. The molecular weight excluding hydrogens is 323 g/mol. The molecule has 0 spiro atoms. The first-order chi connectivity index (χ1) is 9.36. The molecule has 0 saturated heterocycles. The van der Waals surface area contributed by atoms with Crippen molar-refractivity contribution >= 4 is 44.7 Å². The summed E-state index contributed by atoms with van der Waals surface area (Å²) in [7, 11) is -4.21. The maximum Gasteiger partial charge on any atom is 0.294 e. The largest absolute Gasteiger partial charge is 0.294 e. The van der Waals surface area contributed by atoms with E-state index in [1.807, 2.05) is 0 Å². The molecule has 0 fully saturated rings. The Hall–Kier alpha value is -1.47. The summed E-state index contributed by atoms with van der Waals surface area (Å²) in [5.74, 6) is 0. The number of halogens is 2. The third-order valence-corrected chi connectivity index (χ3v) is 3.72. The predicted octanol–water partition coefficient (Wildman–Crippen LogP) is 4.66. The van der Waals surface area contributed by atoms with Crippen LogP contribution in [0.25, 0.3) is 0 Å². The van der Waals surface area contributed by atoms with Crippen molar-refractivity contribution < 1.29 is 13.0 Å². The van der Waals surface area contributed by atoms with Crippen molar-refractivity contribution in [3.63, 3.8) is 0 Å². The van der Waals surface area contributed by atoms with Crippen molar-refractivity contribution in [2.24, 2.45) is 10.2 Å². The Balaban J connectivity index is 2.24. The lowest BCUT2D eigenvalue weighted by Crippen LogP contribution is -1.96. The Morgan fingerprint density at radius 2 is 1.60 bits per heavy atom. The van der Waals surface area contributed by atoms with Gasteiger partial charge in [-0.2, -0.15) is 13.5 Å². The minimum absolute atomic E-state index is 0.207. The first kappa shape index (κ1) is 14.9. The zero-order valence-corrected chi connectivity index (χ0v) is 12.2. The summed E-state index contributed by atoms with van der Waals surface area (Å²) in [6.45, 7) is 0. The topological polar surface area (TPSA) is 79.1 Å². The Morgan fingerprint density at radius 3 is 2.15 bits per heavy atom. The van der Waals surface area contributed by atoms with Crippen LogP contribution in [-0.4, -0.2) is 13.0 Å². The van der Waals surface area contributed by atoms with Crippen molar-refractivity contribution in [3.05, 3.63) is 52.5 Å². The number of benzene rings is 2. The minimum Gasteiger partial charge on any atom is -0.282 e. The molecule has 5 nitrogen and oxygen atoms in total. The molecular formula is C12H8Cl2N2O3S. The molecule has 2 aromatic rings. The fraction of sp³-hybridized carbons (Fsp3) is 0. The predicted molar refractivity (Wildman–Crippen MR) is 76.9 cm³/mol. The minimum atomic E-state index is -4.21. The summed E-state index contributed by atoms with van der Waals surface area (Å²) in [5.41, 5.74) is 0.860. The highest BCUT2D eigenvalue weighted by atomic mass is 35.5. The molecule has 2 aromatic carbocycles. The van der Waals surface area contributed by atoms with E-state index in [2.05, 4.69) is 10.2 Å². The van der Waals surface area contributed by atoms with Crippen molar-refractivity contribution in [2.45, 2.75) is 4.90 Å². The molecule has 0 radical (unpaired) electrons. The molecule has 104 valence electrons. The van der Waals surface area contributed by atoms with Gasteiger partial charge in [0.15, 0.2) is 0 Å². The number of hydrogen-bond acceptors (Lipinski definition) is 4. The monoisotopic (exact) mass is 330 g/mol. The summed E-state index contributed by atoms with van der Waals surface area (Å²) < 4.78 is 30.6. The van der Waals surface area contributed by atoms with Gasteiger partial charge in [-0.3, -0.25) is 4.55 Å². The van der Waals surface area contributed by atoms with Crippen LogP contribution in [0.5, 0.6) is 0 Å². The quantitative estimate of drug-likeness (QED) is 0.656. The molecule has 1 N–H and O–H groups in total. The third-order valence-electron chi connectivity index (χ3n) is 2.32. The van der Waals surface area contributed by atoms with Gasteiger partial charge in [-0.05, 0) is 42.5 Å². The van der Waals surface area contributed by atoms with Gasteiger partial charge < -0.3 is 0 Å². The van der Waals surface area contributed by atoms with Gasteiger partial charge in [0.1, 0.15) is 5.69 Å². The second-order valence-electron chi connectivity index (χ2n) is 3.76. The second kappa shape index (κ2) is 5.88. The summed E-state index contributed by atoms with van der Waals surface area (Å²) in [6, 6.07) is 10.1. The molecule has 0 saturated carbocycles. The van der Waals surface area contributed by atoms with Crippen LogP contribution in [-0.2, 0) is 10.1 Å². The highest BCUT2D eigenvalue weighted by Crippen LogP contribution is 2.29. The Bertz CT molecular complexity index is 759. The zero-order chi connectivity index (χ0) is 14.8.